The maximum atomic E-state index is 6.34. The van der Waals surface area contributed by atoms with Gasteiger partial charge in [-0.2, -0.15) is 0 Å². The summed E-state index contributed by atoms with van der Waals surface area (Å²) in [5.41, 5.74) is 1.44. The Bertz CT molecular complexity index is 417. The zero-order valence-corrected chi connectivity index (χ0v) is 15.1. The third-order valence-electron chi connectivity index (χ3n) is 3.58. The van der Waals surface area contributed by atoms with E-state index in [9.17, 15) is 0 Å². The Labute approximate surface area is 136 Å². The van der Waals surface area contributed by atoms with Crippen LogP contribution in [0.4, 0.5) is 0 Å². The minimum atomic E-state index is 0.233. The van der Waals surface area contributed by atoms with Crippen LogP contribution in [0.25, 0.3) is 0 Å². The highest BCUT2D eigenvalue weighted by Gasteiger charge is 2.25. The smallest absolute Gasteiger partial charge is 0.0587 e. The number of hydrogen-bond donors (Lipinski definition) is 1. The average molecular weight is 363 g/mol. The lowest BCUT2D eigenvalue weighted by atomic mass is 9.77. The Hall–Kier alpha value is -0.0900. The summed E-state index contributed by atoms with van der Waals surface area (Å²) in [6.45, 7) is 9.44. The lowest BCUT2D eigenvalue weighted by Gasteiger charge is -2.31. The molecule has 0 spiro atoms. The highest BCUT2D eigenvalue weighted by atomic mass is 79.9. The Morgan fingerprint density at radius 3 is 2.60 bits per heavy atom. The molecule has 1 atom stereocenters. The Kier molecular flexibility index (Phi) is 7.52. The standard InChI is InChI=1S/C16H25BrClNO/c1-16(2,3)13(11-19-7-8-20-4)9-12-5-6-14(17)10-15(12)18/h5-6,10,13,19H,7-9,11H2,1-4H3. The first kappa shape index (κ1) is 18.0. The van der Waals surface area contributed by atoms with Crippen LogP contribution in [-0.2, 0) is 11.2 Å². The summed E-state index contributed by atoms with van der Waals surface area (Å²) >= 11 is 9.79. The van der Waals surface area contributed by atoms with Gasteiger partial charge in [0.25, 0.3) is 0 Å². The average Bonchev–Trinajstić information content (AvgIpc) is 2.34. The van der Waals surface area contributed by atoms with Gasteiger partial charge in [0.2, 0.25) is 0 Å². The van der Waals surface area contributed by atoms with Crippen LogP contribution in [-0.4, -0.2) is 26.8 Å². The van der Waals surface area contributed by atoms with E-state index in [0.717, 1.165) is 35.6 Å². The molecule has 0 aliphatic rings. The van der Waals surface area contributed by atoms with E-state index in [1.54, 1.807) is 7.11 Å². The number of nitrogens with one attached hydrogen (secondary N) is 1. The summed E-state index contributed by atoms with van der Waals surface area (Å²) in [7, 11) is 1.73. The Morgan fingerprint density at radius 2 is 2.05 bits per heavy atom. The molecule has 1 aromatic carbocycles. The van der Waals surface area contributed by atoms with Gasteiger partial charge in [-0.15, -0.1) is 0 Å². The molecule has 0 saturated heterocycles. The van der Waals surface area contributed by atoms with E-state index in [4.69, 9.17) is 16.3 Å². The van der Waals surface area contributed by atoms with E-state index in [0.29, 0.717) is 5.92 Å². The zero-order valence-electron chi connectivity index (χ0n) is 12.8. The molecule has 1 rings (SSSR count). The number of benzene rings is 1. The summed E-state index contributed by atoms with van der Waals surface area (Å²) in [4.78, 5) is 0. The molecule has 2 nitrogen and oxygen atoms in total. The van der Waals surface area contributed by atoms with Crippen molar-refractivity contribution in [3.63, 3.8) is 0 Å². The Morgan fingerprint density at radius 1 is 1.35 bits per heavy atom. The van der Waals surface area contributed by atoms with Gasteiger partial charge in [-0.05, 0) is 42.0 Å². The fourth-order valence-corrected chi connectivity index (χ4v) is 2.84. The van der Waals surface area contributed by atoms with E-state index in [-0.39, 0.29) is 5.41 Å². The minimum absolute atomic E-state index is 0.233. The highest BCUT2D eigenvalue weighted by molar-refractivity contribution is 9.10. The second-order valence-corrected chi connectivity index (χ2v) is 7.52. The molecule has 0 aromatic heterocycles. The predicted octanol–water partition coefficient (Wildman–Crippen LogP) is 4.54. The van der Waals surface area contributed by atoms with Gasteiger partial charge in [-0.25, -0.2) is 0 Å². The van der Waals surface area contributed by atoms with E-state index >= 15 is 0 Å². The number of halogens is 2. The van der Waals surface area contributed by atoms with Gasteiger partial charge in [-0.1, -0.05) is 54.4 Å². The maximum Gasteiger partial charge on any atom is 0.0587 e. The largest absolute Gasteiger partial charge is 0.383 e. The SMILES string of the molecule is COCCNCC(Cc1ccc(Br)cc1Cl)C(C)(C)C. The lowest BCUT2D eigenvalue weighted by Crippen LogP contribution is -2.34. The minimum Gasteiger partial charge on any atom is -0.383 e. The summed E-state index contributed by atoms with van der Waals surface area (Å²) in [5, 5.41) is 4.31. The van der Waals surface area contributed by atoms with Gasteiger partial charge in [-0.3, -0.25) is 0 Å². The molecular weight excluding hydrogens is 338 g/mol. The predicted molar refractivity (Wildman–Crippen MR) is 90.5 cm³/mol. The van der Waals surface area contributed by atoms with Crippen LogP contribution >= 0.6 is 27.5 Å². The number of rotatable bonds is 7. The van der Waals surface area contributed by atoms with E-state index in [1.165, 1.54) is 5.56 Å². The monoisotopic (exact) mass is 361 g/mol. The molecule has 0 aliphatic carbocycles. The zero-order chi connectivity index (χ0) is 15.2. The molecule has 0 heterocycles. The fourth-order valence-electron chi connectivity index (χ4n) is 2.09. The van der Waals surface area contributed by atoms with Crippen LogP contribution in [0, 0.1) is 11.3 Å². The quantitative estimate of drug-likeness (QED) is 0.719. The van der Waals surface area contributed by atoms with E-state index in [2.05, 4.69) is 54.2 Å². The van der Waals surface area contributed by atoms with Crippen LogP contribution in [0.5, 0.6) is 0 Å². The van der Waals surface area contributed by atoms with Crippen LogP contribution in [0.2, 0.25) is 5.02 Å². The number of hydrogen-bond acceptors (Lipinski definition) is 2. The summed E-state index contributed by atoms with van der Waals surface area (Å²) in [6.07, 6.45) is 0.982. The maximum absolute atomic E-state index is 6.34. The molecular formula is C16H25BrClNO. The number of methoxy groups -OCH3 is 1. The first-order chi connectivity index (χ1) is 9.34. The van der Waals surface area contributed by atoms with Gasteiger partial charge in [0.1, 0.15) is 0 Å². The van der Waals surface area contributed by atoms with Crippen molar-refractivity contribution in [2.24, 2.45) is 11.3 Å². The molecule has 1 aromatic rings. The molecule has 114 valence electrons. The Balaban J connectivity index is 2.69. The number of ether oxygens (including phenoxy) is 1. The molecule has 0 fully saturated rings. The summed E-state index contributed by atoms with van der Waals surface area (Å²) in [6, 6.07) is 6.13. The normalized spacial score (nSPS) is 13.5. The lowest BCUT2D eigenvalue weighted by molar-refractivity contribution is 0.186. The third kappa shape index (κ3) is 6.13. The van der Waals surface area contributed by atoms with Crippen LogP contribution < -0.4 is 5.32 Å². The molecule has 0 bridgehead atoms. The van der Waals surface area contributed by atoms with Gasteiger partial charge >= 0.3 is 0 Å². The molecule has 1 N–H and O–H groups in total. The summed E-state index contributed by atoms with van der Waals surface area (Å²) in [5.74, 6) is 0.526. The van der Waals surface area contributed by atoms with E-state index in [1.807, 2.05) is 6.07 Å². The van der Waals surface area contributed by atoms with Crippen LogP contribution in [0.1, 0.15) is 26.3 Å². The molecule has 0 radical (unpaired) electrons. The summed E-state index contributed by atoms with van der Waals surface area (Å²) < 4.78 is 6.10. The van der Waals surface area contributed by atoms with Crippen molar-refractivity contribution in [1.29, 1.82) is 0 Å². The fraction of sp³-hybridized carbons (Fsp3) is 0.625. The third-order valence-corrected chi connectivity index (χ3v) is 4.42. The first-order valence-corrected chi connectivity index (χ1v) is 8.15. The van der Waals surface area contributed by atoms with Gasteiger partial charge in [0.05, 0.1) is 6.61 Å². The van der Waals surface area contributed by atoms with Crippen molar-refractivity contribution in [3.05, 3.63) is 33.3 Å². The van der Waals surface area contributed by atoms with Crippen LogP contribution in [0.3, 0.4) is 0 Å². The van der Waals surface area contributed by atoms with Crippen molar-refractivity contribution in [2.75, 3.05) is 26.8 Å². The molecule has 0 aliphatic heterocycles. The highest BCUT2D eigenvalue weighted by Crippen LogP contribution is 2.31. The second kappa shape index (κ2) is 8.38. The van der Waals surface area contributed by atoms with Crippen molar-refractivity contribution >= 4 is 27.5 Å². The van der Waals surface area contributed by atoms with Crippen molar-refractivity contribution < 1.29 is 4.74 Å². The van der Waals surface area contributed by atoms with E-state index < -0.39 is 0 Å². The molecule has 0 amide bonds. The molecule has 4 heteroatoms. The van der Waals surface area contributed by atoms with Crippen molar-refractivity contribution in [3.8, 4) is 0 Å². The van der Waals surface area contributed by atoms with Gasteiger partial charge in [0, 0.05) is 23.1 Å². The van der Waals surface area contributed by atoms with Gasteiger partial charge < -0.3 is 10.1 Å². The topological polar surface area (TPSA) is 21.3 Å². The van der Waals surface area contributed by atoms with Crippen molar-refractivity contribution in [1.82, 2.24) is 5.32 Å². The molecule has 20 heavy (non-hydrogen) atoms. The van der Waals surface area contributed by atoms with Crippen LogP contribution in [0.15, 0.2) is 22.7 Å². The second-order valence-electron chi connectivity index (χ2n) is 6.20. The first-order valence-electron chi connectivity index (χ1n) is 6.98. The molecule has 1 unspecified atom stereocenters. The van der Waals surface area contributed by atoms with Crippen molar-refractivity contribution in [2.45, 2.75) is 27.2 Å². The van der Waals surface area contributed by atoms with Gasteiger partial charge in [0.15, 0.2) is 0 Å². The molecule has 0 saturated carbocycles.